The Morgan fingerprint density at radius 1 is 0.974 bits per heavy atom. The number of esters is 1. The highest BCUT2D eigenvalue weighted by Crippen LogP contribution is 2.41. The van der Waals surface area contributed by atoms with Crippen LogP contribution in [0, 0.1) is 0 Å². The van der Waals surface area contributed by atoms with Crippen LogP contribution in [0.1, 0.15) is 44.9 Å². The molecule has 0 saturated carbocycles. The summed E-state index contributed by atoms with van der Waals surface area (Å²) in [5, 5.41) is 0. The molecule has 1 aliphatic rings. The summed E-state index contributed by atoms with van der Waals surface area (Å²) in [6.45, 7) is 8.20. The summed E-state index contributed by atoms with van der Waals surface area (Å²) in [4.78, 5) is 32.4. The van der Waals surface area contributed by atoms with Crippen LogP contribution in [-0.4, -0.2) is 44.6 Å². The Morgan fingerprint density at radius 2 is 1.62 bits per heavy atom. The zero-order valence-electron chi connectivity index (χ0n) is 22.9. The van der Waals surface area contributed by atoms with Crippen molar-refractivity contribution in [2.45, 2.75) is 33.7 Å². The molecule has 0 saturated heterocycles. The van der Waals surface area contributed by atoms with E-state index in [-0.39, 0.29) is 17.7 Å². The third kappa shape index (κ3) is 5.29. The fourth-order valence-electron chi connectivity index (χ4n) is 4.54. The fourth-order valence-corrected chi connectivity index (χ4v) is 5.58. The molecular weight excluding hydrogens is 520 g/mol. The average Bonchev–Trinajstić information content (AvgIpc) is 3.23. The van der Waals surface area contributed by atoms with Crippen molar-refractivity contribution in [1.82, 2.24) is 4.57 Å². The van der Waals surface area contributed by atoms with Crippen molar-refractivity contribution in [3.05, 3.63) is 78.5 Å². The van der Waals surface area contributed by atoms with Gasteiger partial charge in [0.05, 0.1) is 49.8 Å². The molecule has 0 fully saturated rings. The molecule has 206 valence electrons. The number of carbonyl (C=O) groups is 1. The molecule has 2 aromatic carbocycles. The average molecular weight is 553 g/mol. The predicted octanol–water partition coefficient (Wildman–Crippen LogP) is 3.61. The number of hydrogen-bond acceptors (Lipinski definition) is 9. The molecule has 0 unspecified atom stereocenters. The first-order valence-corrected chi connectivity index (χ1v) is 13.5. The number of benzene rings is 2. The van der Waals surface area contributed by atoms with Gasteiger partial charge in [-0.2, -0.15) is 0 Å². The second-order valence-corrected chi connectivity index (χ2v) is 9.43. The Morgan fingerprint density at radius 3 is 2.26 bits per heavy atom. The number of nitrogens with zero attached hydrogens (tertiary/aromatic N) is 2. The van der Waals surface area contributed by atoms with E-state index < -0.39 is 12.0 Å². The van der Waals surface area contributed by atoms with Gasteiger partial charge in [0.2, 0.25) is 0 Å². The topological polar surface area (TPSA) is 97.6 Å². The van der Waals surface area contributed by atoms with E-state index in [9.17, 15) is 9.59 Å². The molecule has 0 N–H and O–H groups in total. The van der Waals surface area contributed by atoms with Gasteiger partial charge in [0.1, 0.15) is 6.04 Å². The molecule has 3 aromatic rings. The van der Waals surface area contributed by atoms with Gasteiger partial charge in [-0.05, 0) is 45.9 Å². The van der Waals surface area contributed by atoms with Crippen molar-refractivity contribution in [3.8, 4) is 23.0 Å². The second kappa shape index (κ2) is 12.2. The van der Waals surface area contributed by atoms with Crippen molar-refractivity contribution in [1.29, 1.82) is 0 Å². The van der Waals surface area contributed by atoms with Crippen LogP contribution in [0.15, 0.2) is 57.5 Å². The number of aromatic nitrogens is 1. The number of ether oxygens (including phenoxy) is 5. The highest BCUT2D eigenvalue weighted by molar-refractivity contribution is 7.07. The maximum Gasteiger partial charge on any atom is 0.338 e. The molecule has 10 heteroatoms. The maximum atomic E-state index is 14.0. The first-order chi connectivity index (χ1) is 18.9. The van der Waals surface area contributed by atoms with E-state index in [1.807, 2.05) is 32.0 Å². The summed E-state index contributed by atoms with van der Waals surface area (Å²) in [5.74, 6) is 1.50. The monoisotopic (exact) mass is 552 g/mol. The molecule has 0 amide bonds. The first-order valence-electron chi connectivity index (χ1n) is 12.7. The SMILES string of the molecule is CCOC(=O)C1=C(C)N=c2s/c(=C/c3cccc(OC)c3OCC)c(=O)n2[C@@H]1c1cccc(OC)c1OCC. The lowest BCUT2D eigenvalue weighted by Gasteiger charge is -2.26. The molecule has 0 spiro atoms. The highest BCUT2D eigenvalue weighted by Gasteiger charge is 2.36. The minimum absolute atomic E-state index is 0.180. The predicted molar refractivity (Wildman–Crippen MR) is 149 cm³/mol. The number of para-hydroxylation sites is 2. The van der Waals surface area contributed by atoms with Gasteiger partial charge in [-0.1, -0.05) is 35.6 Å². The number of hydrogen-bond donors (Lipinski definition) is 0. The van der Waals surface area contributed by atoms with Gasteiger partial charge in [-0.3, -0.25) is 9.36 Å². The number of rotatable bonds is 10. The Kier molecular flexibility index (Phi) is 8.75. The molecule has 39 heavy (non-hydrogen) atoms. The molecule has 1 atom stereocenters. The van der Waals surface area contributed by atoms with Gasteiger partial charge in [-0.15, -0.1) is 0 Å². The normalized spacial score (nSPS) is 14.9. The Labute approximate surface area is 230 Å². The van der Waals surface area contributed by atoms with Crippen LogP contribution in [0.5, 0.6) is 23.0 Å². The number of fused-ring (bicyclic) bond motifs is 1. The lowest BCUT2D eigenvalue weighted by molar-refractivity contribution is -0.139. The van der Waals surface area contributed by atoms with Gasteiger partial charge in [0.15, 0.2) is 27.8 Å². The van der Waals surface area contributed by atoms with E-state index in [0.717, 1.165) is 0 Å². The smallest absolute Gasteiger partial charge is 0.338 e. The summed E-state index contributed by atoms with van der Waals surface area (Å²) < 4.78 is 30.2. The van der Waals surface area contributed by atoms with Crippen LogP contribution >= 0.6 is 11.3 Å². The minimum Gasteiger partial charge on any atom is -0.493 e. The van der Waals surface area contributed by atoms with Gasteiger partial charge in [0, 0.05) is 11.1 Å². The zero-order valence-corrected chi connectivity index (χ0v) is 23.7. The van der Waals surface area contributed by atoms with Crippen molar-refractivity contribution >= 4 is 23.4 Å². The van der Waals surface area contributed by atoms with E-state index in [1.165, 1.54) is 15.9 Å². The molecule has 2 heterocycles. The number of allylic oxidation sites excluding steroid dienone is 1. The van der Waals surface area contributed by atoms with Crippen LogP contribution in [0.4, 0.5) is 0 Å². The number of methoxy groups -OCH3 is 2. The molecule has 0 bridgehead atoms. The van der Waals surface area contributed by atoms with Crippen LogP contribution in [0.3, 0.4) is 0 Å². The van der Waals surface area contributed by atoms with Crippen molar-refractivity contribution in [2.24, 2.45) is 4.99 Å². The molecule has 1 aliphatic heterocycles. The summed E-state index contributed by atoms with van der Waals surface area (Å²) in [5.41, 5.74) is 1.70. The molecule has 1 aromatic heterocycles. The van der Waals surface area contributed by atoms with Gasteiger partial charge >= 0.3 is 5.97 Å². The Balaban J connectivity index is 2.02. The van der Waals surface area contributed by atoms with Crippen LogP contribution in [-0.2, 0) is 9.53 Å². The van der Waals surface area contributed by atoms with E-state index in [4.69, 9.17) is 23.7 Å². The quantitative estimate of drug-likeness (QED) is 0.355. The van der Waals surface area contributed by atoms with Crippen LogP contribution in [0.2, 0.25) is 0 Å². The summed E-state index contributed by atoms with van der Waals surface area (Å²) >= 11 is 1.23. The van der Waals surface area contributed by atoms with E-state index in [0.29, 0.717) is 62.4 Å². The Hall–Kier alpha value is -4.05. The summed E-state index contributed by atoms with van der Waals surface area (Å²) in [6.07, 6.45) is 1.76. The molecule has 0 aliphatic carbocycles. The lowest BCUT2D eigenvalue weighted by atomic mass is 9.94. The van der Waals surface area contributed by atoms with E-state index in [1.54, 1.807) is 52.3 Å². The number of carbonyl (C=O) groups excluding carboxylic acids is 1. The van der Waals surface area contributed by atoms with Crippen LogP contribution in [0.25, 0.3) is 6.08 Å². The summed E-state index contributed by atoms with van der Waals surface area (Å²) in [7, 11) is 3.11. The largest absolute Gasteiger partial charge is 0.493 e. The molecular formula is C29H32N2O7S. The molecule has 4 rings (SSSR count). The Bertz CT molecular complexity index is 1590. The third-order valence-electron chi connectivity index (χ3n) is 6.13. The zero-order chi connectivity index (χ0) is 28.1. The second-order valence-electron chi connectivity index (χ2n) is 8.43. The lowest BCUT2D eigenvalue weighted by Crippen LogP contribution is -2.40. The van der Waals surface area contributed by atoms with Crippen LogP contribution < -0.4 is 33.8 Å². The third-order valence-corrected chi connectivity index (χ3v) is 7.12. The number of thiazole rings is 1. The van der Waals surface area contributed by atoms with Crippen molar-refractivity contribution in [2.75, 3.05) is 34.0 Å². The van der Waals surface area contributed by atoms with Gasteiger partial charge < -0.3 is 23.7 Å². The first kappa shape index (κ1) is 28.0. The van der Waals surface area contributed by atoms with E-state index in [2.05, 4.69) is 4.99 Å². The molecule has 9 nitrogen and oxygen atoms in total. The minimum atomic E-state index is -0.837. The van der Waals surface area contributed by atoms with Crippen molar-refractivity contribution < 1.29 is 28.5 Å². The van der Waals surface area contributed by atoms with Gasteiger partial charge in [-0.25, -0.2) is 9.79 Å². The van der Waals surface area contributed by atoms with E-state index >= 15 is 0 Å². The summed E-state index contributed by atoms with van der Waals surface area (Å²) in [6, 6.07) is 10.1. The standard InChI is InChI=1S/C29H32N2O7S/c1-7-36-25-18(12-10-14-20(25)34-5)16-22-27(32)31-24(19-13-11-15-21(35-6)26(19)37-8-2)23(28(33)38-9-3)17(4)30-29(31)39-22/h10-16,24H,7-9H2,1-6H3/b22-16+/t24-/m1/s1. The maximum absolute atomic E-state index is 14.0. The van der Waals surface area contributed by atoms with Gasteiger partial charge in [0.25, 0.3) is 5.56 Å². The highest BCUT2D eigenvalue weighted by atomic mass is 32.1. The fraction of sp³-hybridized carbons (Fsp3) is 0.345. The molecule has 0 radical (unpaired) electrons. The van der Waals surface area contributed by atoms with Crippen molar-refractivity contribution in [3.63, 3.8) is 0 Å².